The number of hydrogen-bond acceptors (Lipinski definition) is 2. The molecule has 0 N–H and O–H groups in total. The molecule has 2 aromatic rings. The third-order valence-electron chi connectivity index (χ3n) is 9.30. The third-order valence-corrected chi connectivity index (χ3v) is 9.30. The number of hydrogen-bond donors (Lipinski definition) is 0. The molecule has 0 saturated heterocycles. The van der Waals surface area contributed by atoms with E-state index in [1.807, 2.05) is 6.21 Å². The van der Waals surface area contributed by atoms with E-state index in [9.17, 15) is 0 Å². The fourth-order valence-corrected chi connectivity index (χ4v) is 6.37. The Balaban J connectivity index is 0.00000372. The van der Waals surface area contributed by atoms with Gasteiger partial charge in [0.2, 0.25) is 0 Å². The molecule has 0 aliphatic heterocycles. The van der Waals surface area contributed by atoms with E-state index in [0.717, 1.165) is 29.9 Å². The number of unbranched alkanes of at least 4 members (excludes halogenated alkanes) is 15. The van der Waals surface area contributed by atoms with Crippen LogP contribution in [0.15, 0.2) is 40.3 Å². The van der Waals surface area contributed by atoms with Crippen molar-refractivity contribution in [1.82, 2.24) is 0 Å². The number of benzene rings is 2. The topological polar surface area (TPSA) is 24.7 Å². The van der Waals surface area contributed by atoms with Gasteiger partial charge in [-0.1, -0.05) is 137 Å². The fraction of sp³-hybridized carbons (Fsp3) is 0.674. The molecule has 0 heterocycles. The van der Waals surface area contributed by atoms with E-state index in [-0.39, 0.29) is 0 Å². The predicted octanol–water partition coefficient (Wildman–Crippen LogP) is 16.2. The monoisotopic (exact) mass is 794 g/mol. The van der Waals surface area contributed by atoms with Gasteiger partial charge in [0.15, 0.2) is 0 Å². The molecular weight excluding hydrogens is 719 g/mol. The van der Waals surface area contributed by atoms with Gasteiger partial charge in [0.1, 0.15) is 0 Å². The predicted molar refractivity (Wildman–Crippen MR) is 228 cm³/mol. The van der Waals surface area contributed by atoms with Gasteiger partial charge in [0, 0.05) is 6.21 Å². The summed E-state index contributed by atoms with van der Waals surface area (Å²) in [6.07, 6.45) is 32.9. The molecule has 0 atom stereocenters. The van der Waals surface area contributed by atoms with Crippen LogP contribution in [0.3, 0.4) is 0 Å². The maximum atomic E-state index is 5.12. The first-order valence-electron chi connectivity index (χ1n) is 20.7. The summed E-state index contributed by atoms with van der Waals surface area (Å²) in [6, 6.07) is 11.6. The van der Waals surface area contributed by atoms with Gasteiger partial charge < -0.3 is 6.92 Å². The molecule has 0 aromatic heterocycles. The first-order valence-corrected chi connectivity index (χ1v) is 23.1. The van der Waals surface area contributed by atoms with Crippen LogP contribution in [0.1, 0.15) is 198 Å². The molecule has 4 heteroatoms. The van der Waals surface area contributed by atoms with Gasteiger partial charge in [-0.3, -0.25) is 9.98 Å². The van der Waals surface area contributed by atoms with Crippen molar-refractivity contribution in [3.63, 3.8) is 0 Å². The molecule has 0 bridgehead atoms. The van der Waals surface area contributed by atoms with E-state index in [2.05, 4.69) is 114 Å². The quantitative estimate of drug-likeness (QED) is 0.0392. The van der Waals surface area contributed by atoms with Crippen LogP contribution in [-0.4, -0.2) is 11.9 Å². The molecule has 0 aliphatic carbocycles. The molecule has 0 spiro atoms. The van der Waals surface area contributed by atoms with E-state index in [4.69, 9.17) is 9.98 Å². The van der Waals surface area contributed by atoms with E-state index in [1.54, 1.807) is 16.7 Å². The molecule has 289 valence electrons. The molecule has 0 amide bonds. The Morgan fingerprint density at radius 2 is 1.04 bits per heavy atom. The van der Waals surface area contributed by atoms with E-state index in [1.165, 1.54) is 152 Å². The van der Waals surface area contributed by atoms with Gasteiger partial charge in [-0.25, -0.2) is 0 Å². The van der Waals surface area contributed by atoms with Crippen LogP contribution in [0.25, 0.3) is 0 Å². The Kier molecular flexibility index (Phi) is 34.0. The summed E-state index contributed by atoms with van der Waals surface area (Å²) in [5.41, 5.74) is 10.6. The summed E-state index contributed by atoms with van der Waals surface area (Å²) in [7, 11) is 0. The molecular formula is C46H77BrN2Ni-. The molecule has 2 rings (SSSR count). The number of aryl methyl sites for hydroxylation is 4. The van der Waals surface area contributed by atoms with Crippen LogP contribution < -0.4 is 0 Å². The second-order valence-electron chi connectivity index (χ2n) is 14.2. The first kappa shape index (κ1) is 48.8. The average Bonchev–Trinajstić information content (AvgIpc) is 3.12. The maximum absolute atomic E-state index is 5.12. The Morgan fingerprint density at radius 1 is 0.580 bits per heavy atom. The summed E-state index contributed by atoms with van der Waals surface area (Å²) >= 11 is 6.25. The van der Waals surface area contributed by atoms with Gasteiger partial charge in [-0.05, 0) is 117 Å². The summed E-state index contributed by atoms with van der Waals surface area (Å²) < 4.78 is 0. The van der Waals surface area contributed by atoms with Crippen molar-refractivity contribution in [1.29, 1.82) is 0 Å². The van der Waals surface area contributed by atoms with Gasteiger partial charge in [0.05, 0.1) is 17.1 Å². The molecule has 0 unspecified atom stereocenters. The molecule has 2 nitrogen and oxygen atoms in total. The molecule has 0 fully saturated rings. The zero-order valence-electron chi connectivity index (χ0n) is 33.7. The van der Waals surface area contributed by atoms with Crippen LogP contribution in [0.5, 0.6) is 0 Å². The minimum atomic E-state index is 0.978. The van der Waals surface area contributed by atoms with E-state index in [0.29, 0.717) is 0 Å². The van der Waals surface area contributed by atoms with Gasteiger partial charge in [0.25, 0.3) is 0 Å². The zero-order valence-corrected chi connectivity index (χ0v) is 36.3. The number of rotatable bonds is 26. The standard InChI is InChI=1S/C42H68N2.C4H9.BrH.Ni/c1-7-11-15-18-20-22-25-37-29-35(5)30-40(31-37)43-34-36(6)44-41-32-38(26-14-10-4)42(28-24-17-13-9-3)39(33-41)27-23-21-19-16-12-8-2;1-3-4-2;;/h29-34H,7-28H2,1-6H3;1,3-4H2,2H3;1H;/q;-1;;+1/p-1. The van der Waals surface area contributed by atoms with Crippen molar-refractivity contribution >= 4 is 37.5 Å². The van der Waals surface area contributed by atoms with Crippen molar-refractivity contribution in [2.45, 2.75) is 203 Å². The van der Waals surface area contributed by atoms with E-state index < -0.39 is 0 Å². The first-order chi connectivity index (χ1) is 24.4. The summed E-state index contributed by atoms with van der Waals surface area (Å²) in [5.74, 6) is 0. The van der Waals surface area contributed by atoms with Gasteiger partial charge in [-0.2, -0.15) is 6.42 Å². The Labute approximate surface area is 327 Å². The Hall–Kier alpha value is -1.25. The second-order valence-corrected chi connectivity index (χ2v) is 14.2. The van der Waals surface area contributed by atoms with Crippen LogP contribution in [-0.2, 0) is 39.4 Å². The van der Waals surface area contributed by atoms with Gasteiger partial charge in [-0.15, -0.1) is 0 Å². The Bertz CT molecular complexity index is 1140. The second kappa shape index (κ2) is 34.8. The van der Waals surface area contributed by atoms with Gasteiger partial charge >= 0.3 is 27.9 Å². The zero-order chi connectivity index (χ0) is 37.2. The summed E-state index contributed by atoms with van der Waals surface area (Å²) in [4.78, 5) is 10.0. The van der Waals surface area contributed by atoms with Crippen LogP contribution in [0.2, 0.25) is 0 Å². The van der Waals surface area contributed by atoms with Crippen LogP contribution in [0.4, 0.5) is 11.4 Å². The molecule has 0 saturated carbocycles. The summed E-state index contributed by atoms with van der Waals surface area (Å²) in [5, 5.41) is 0. The minimum absolute atomic E-state index is 0.978. The summed E-state index contributed by atoms with van der Waals surface area (Å²) in [6.45, 7) is 19.2. The number of nitrogens with zero attached hydrogens (tertiary/aromatic N) is 2. The van der Waals surface area contributed by atoms with Crippen LogP contribution in [0, 0.1) is 13.8 Å². The number of halogens is 1. The Morgan fingerprint density at radius 3 is 1.58 bits per heavy atom. The molecule has 0 aliphatic rings. The van der Waals surface area contributed by atoms with Crippen molar-refractivity contribution < 1.29 is 13.7 Å². The third kappa shape index (κ3) is 24.9. The number of aliphatic imine (C=N–C) groups is 2. The van der Waals surface area contributed by atoms with Crippen molar-refractivity contribution in [2.24, 2.45) is 9.98 Å². The van der Waals surface area contributed by atoms with Crippen molar-refractivity contribution in [3.8, 4) is 0 Å². The molecule has 2 aromatic carbocycles. The van der Waals surface area contributed by atoms with Crippen molar-refractivity contribution in [2.75, 3.05) is 0 Å². The van der Waals surface area contributed by atoms with Crippen LogP contribution >= 0.6 is 14.2 Å². The normalized spacial score (nSPS) is 11.4. The SMILES string of the molecule is CCCCCCCCc1cc(C)cc(N=CC(C)=Nc2cc(CCCC)c(CCCCCC)c(CCCCCCCC)c2)c1.[CH2-]CCC.[Ni][Br]. The van der Waals surface area contributed by atoms with Crippen molar-refractivity contribution in [3.05, 3.63) is 65.1 Å². The molecule has 0 radical (unpaired) electrons. The average molecular weight is 797 g/mol. The fourth-order valence-electron chi connectivity index (χ4n) is 6.37. The van der Waals surface area contributed by atoms with E-state index >= 15 is 0 Å². The molecule has 50 heavy (non-hydrogen) atoms.